The lowest BCUT2D eigenvalue weighted by atomic mass is 9.96. The first-order chi connectivity index (χ1) is 12.0. The number of aryl methyl sites for hydroxylation is 2. The van der Waals surface area contributed by atoms with Gasteiger partial charge in [-0.15, -0.1) is 0 Å². The number of benzene rings is 2. The monoisotopic (exact) mass is 334 g/mol. The van der Waals surface area contributed by atoms with Crippen LogP contribution in [0.1, 0.15) is 44.7 Å². The summed E-state index contributed by atoms with van der Waals surface area (Å²) in [5.74, 6) is 0. The Bertz CT molecular complexity index is 741. The van der Waals surface area contributed by atoms with Gasteiger partial charge in [-0.2, -0.15) is 0 Å². The van der Waals surface area contributed by atoms with Gasteiger partial charge in [0.25, 0.3) is 0 Å². The first-order valence-corrected chi connectivity index (χ1v) is 9.38. The van der Waals surface area contributed by atoms with E-state index in [-0.39, 0.29) is 0 Å². The molecule has 0 spiro atoms. The summed E-state index contributed by atoms with van der Waals surface area (Å²) in [6, 6.07) is 18.3. The maximum absolute atomic E-state index is 2.53. The van der Waals surface area contributed by atoms with Gasteiger partial charge in [-0.3, -0.25) is 0 Å². The molecule has 2 aromatic rings. The highest BCUT2D eigenvalue weighted by Crippen LogP contribution is 2.34. The predicted molar refractivity (Wildman–Crippen MR) is 109 cm³/mol. The van der Waals surface area contributed by atoms with E-state index in [9.17, 15) is 0 Å². The van der Waals surface area contributed by atoms with Crippen LogP contribution in [0, 0.1) is 13.8 Å². The van der Waals surface area contributed by atoms with Crippen LogP contribution in [0.25, 0.3) is 0 Å². The normalized spacial score (nSPS) is 18.0. The molecule has 1 aliphatic heterocycles. The zero-order valence-electron chi connectivity index (χ0n) is 16.2. The molecular formula is C23H30N2. The maximum Gasteiger partial charge on any atom is 0.0954 e. The van der Waals surface area contributed by atoms with Crippen LogP contribution in [0.4, 0.5) is 11.4 Å². The summed E-state index contributed by atoms with van der Waals surface area (Å²) < 4.78 is 0. The Kier molecular flexibility index (Phi) is 5.17. The predicted octanol–water partition coefficient (Wildman–Crippen LogP) is 6.05. The fourth-order valence-corrected chi connectivity index (χ4v) is 3.75. The van der Waals surface area contributed by atoms with E-state index in [1.807, 2.05) is 0 Å². The van der Waals surface area contributed by atoms with Crippen LogP contribution in [0.15, 0.2) is 59.8 Å². The smallest absolute Gasteiger partial charge is 0.0954 e. The van der Waals surface area contributed by atoms with Crippen LogP contribution >= 0.6 is 0 Å². The first-order valence-electron chi connectivity index (χ1n) is 9.38. The minimum absolute atomic E-state index is 0.435. The van der Waals surface area contributed by atoms with E-state index < -0.39 is 0 Å². The lowest BCUT2D eigenvalue weighted by Crippen LogP contribution is -2.48. The molecule has 2 nitrogen and oxygen atoms in total. The molecule has 2 heteroatoms. The summed E-state index contributed by atoms with van der Waals surface area (Å²) in [4.78, 5) is 4.99. The molecular weight excluding hydrogens is 304 g/mol. The molecule has 0 saturated carbocycles. The molecule has 0 amide bonds. The molecule has 3 rings (SSSR count). The molecule has 25 heavy (non-hydrogen) atoms. The second-order valence-corrected chi connectivity index (χ2v) is 7.25. The average molecular weight is 335 g/mol. The lowest BCUT2D eigenvalue weighted by Gasteiger charge is -2.45. The quantitative estimate of drug-likeness (QED) is 0.671. The number of hydrogen-bond acceptors (Lipinski definition) is 2. The standard InChI is InChI=1S/C23H30N2/c1-6-7-23-19(4)24(21-12-8-17(2)9-13-21)16-25(20(23)5)22-14-10-18(3)11-15-22/h8-15,19H,6-7,16H2,1-5H3. The van der Waals surface area contributed by atoms with Crippen LogP contribution in [-0.2, 0) is 0 Å². The molecule has 0 fully saturated rings. The van der Waals surface area contributed by atoms with Gasteiger partial charge in [-0.1, -0.05) is 48.7 Å². The molecule has 1 unspecified atom stereocenters. The molecule has 0 saturated heterocycles. The third-order valence-electron chi connectivity index (χ3n) is 5.37. The molecule has 0 radical (unpaired) electrons. The topological polar surface area (TPSA) is 6.48 Å². The third-order valence-corrected chi connectivity index (χ3v) is 5.37. The zero-order valence-corrected chi connectivity index (χ0v) is 16.2. The summed E-state index contributed by atoms with van der Waals surface area (Å²) in [7, 11) is 0. The van der Waals surface area contributed by atoms with Crippen molar-refractivity contribution in [3.63, 3.8) is 0 Å². The van der Waals surface area contributed by atoms with Crippen LogP contribution in [-0.4, -0.2) is 12.7 Å². The SMILES string of the molecule is CCCC1=C(C)N(c2ccc(C)cc2)CN(c2ccc(C)cc2)C1C. The van der Waals surface area contributed by atoms with Gasteiger partial charge in [0, 0.05) is 17.1 Å². The van der Waals surface area contributed by atoms with Crippen LogP contribution < -0.4 is 9.80 Å². The van der Waals surface area contributed by atoms with Gasteiger partial charge >= 0.3 is 0 Å². The number of anilines is 2. The van der Waals surface area contributed by atoms with Crippen LogP contribution in [0.3, 0.4) is 0 Å². The van der Waals surface area contributed by atoms with E-state index in [0.29, 0.717) is 6.04 Å². The summed E-state index contributed by atoms with van der Waals surface area (Å²) in [5, 5.41) is 0. The number of nitrogens with zero attached hydrogens (tertiary/aromatic N) is 2. The second kappa shape index (κ2) is 7.35. The highest BCUT2D eigenvalue weighted by Gasteiger charge is 2.29. The summed E-state index contributed by atoms with van der Waals surface area (Å²) >= 11 is 0. The summed E-state index contributed by atoms with van der Waals surface area (Å²) in [6.07, 6.45) is 2.33. The molecule has 0 aliphatic carbocycles. The Hall–Kier alpha value is -2.22. The van der Waals surface area contributed by atoms with Crippen molar-refractivity contribution in [3.05, 3.63) is 70.9 Å². The van der Waals surface area contributed by atoms with Crippen molar-refractivity contribution in [2.24, 2.45) is 0 Å². The van der Waals surface area contributed by atoms with E-state index in [0.717, 1.165) is 13.1 Å². The van der Waals surface area contributed by atoms with Gasteiger partial charge < -0.3 is 9.80 Å². The largest absolute Gasteiger partial charge is 0.347 e. The van der Waals surface area contributed by atoms with Gasteiger partial charge in [-0.05, 0) is 64.0 Å². The van der Waals surface area contributed by atoms with E-state index in [1.165, 1.54) is 34.6 Å². The van der Waals surface area contributed by atoms with E-state index in [2.05, 4.69) is 92.9 Å². The highest BCUT2D eigenvalue weighted by atomic mass is 15.4. The van der Waals surface area contributed by atoms with Gasteiger partial charge in [0.15, 0.2) is 0 Å². The summed E-state index contributed by atoms with van der Waals surface area (Å²) in [6.45, 7) is 12.1. The molecule has 0 aromatic heterocycles. The van der Waals surface area contributed by atoms with Gasteiger partial charge in [0.1, 0.15) is 0 Å². The zero-order chi connectivity index (χ0) is 18.0. The summed E-state index contributed by atoms with van der Waals surface area (Å²) in [5.41, 5.74) is 8.16. The fourth-order valence-electron chi connectivity index (χ4n) is 3.75. The van der Waals surface area contributed by atoms with Crippen molar-refractivity contribution < 1.29 is 0 Å². The van der Waals surface area contributed by atoms with E-state index >= 15 is 0 Å². The van der Waals surface area contributed by atoms with Gasteiger partial charge in [0.2, 0.25) is 0 Å². The number of rotatable bonds is 4. The van der Waals surface area contributed by atoms with E-state index in [4.69, 9.17) is 0 Å². The molecule has 0 N–H and O–H groups in total. The maximum atomic E-state index is 2.53. The van der Waals surface area contributed by atoms with Gasteiger partial charge in [-0.25, -0.2) is 0 Å². The Morgan fingerprint density at radius 1 is 0.840 bits per heavy atom. The van der Waals surface area contributed by atoms with Crippen LogP contribution in [0.2, 0.25) is 0 Å². The van der Waals surface area contributed by atoms with Crippen molar-refractivity contribution in [2.45, 2.75) is 53.5 Å². The number of hydrogen-bond donors (Lipinski definition) is 0. The van der Waals surface area contributed by atoms with Crippen molar-refractivity contribution in [2.75, 3.05) is 16.5 Å². The van der Waals surface area contributed by atoms with Crippen molar-refractivity contribution in [1.29, 1.82) is 0 Å². The highest BCUT2D eigenvalue weighted by molar-refractivity contribution is 5.61. The fraction of sp³-hybridized carbons (Fsp3) is 0.391. The molecule has 1 aliphatic rings. The minimum Gasteiger partial charge on any atom is -0.347 e. The second-order valence-electron chi connectivity index (χ2n) is 7.25. The third kappa shape index (κ3) is 3.58. The molecule has 2 aromatic carbocycles. The Balaban J connectivity index is 2.02. The van der Waals surface area contributed by atoms with E-state index in [1.54, 1.807) is 5.57 Å². The molecule has 132 valence electrons. The van der Waals surface area contributed by atoms with Gasteiger partial charge in [0.05, 0.1) is 12.7 Å². The molecule has 0 bridgehead atoms. The Morgan fingerprint density at radius 2 is 1.36 bits per heavy atom. The Morgan fingerprint density at radius 3 is 1.88 bits per heavy atom. The van der Waals surface area contributed by atoms with Crippen LogP contribution in [0.5, 0.6) is 0 Å². The number of allylic oxidation sites excluding steroid dienone is 1. The Labute approximate surface area is 152 Å². The van der Waals surface area contributed by atoms with Crippen molar-refractivity contribution >= 4 is 11.4 Å². The average Bonchev–Trinajstić information content (AvgIpc) is 2.61. The molecule has 1 atom stereocenters. The minimum atomic E-state index is 0.435. The lowest BCUT2D eigenvalue weighted by molar-refractivity contribution is 0.614. The van der Waals surface area contributed by atoms with Crippen molar-refractivity contribution in [3.8, 4) is 0 Å². The van der Waals surface area contributed by atoms with Crippen molar-refractivity contribution in [1.82, 2.24) is 0 Å². The first kappa shape index (κ1) is 17.6. The molecule has 1 heterocycles.